The second kappa shape index (κ2) is 9.28. The fourth-order valence-corrected chi connectivity index (χ4v) is 3.19. The molecule has 0 fully saturated rings. The Balaban J connectivity index is 1.67. The Hall–Kier alpha value is -3.28. The lowest BCUT2D eigenvalue weighted by atomic mass is 10.1. The first kappa shape index (κ1) is 20.5. The van der Waals surface area contributed by atoms with Crippen LogP contribution < -0.4 is 20.1 Å². The predicted octanol–water partition coefficient (Wildman–Crippen LogP) is 3.35. The Bertz CT molecular complexity index is 919. The van der Waals surface area contributed by atoms with E-state index in [4.69, 9.17) is 9.47 Å². The van der Waals surface area contributed by atoms with E-state index in [1.807, 2.05) is 38.1 Å². The zero-order chi connectivity index (χ0) is 20.8. The normalized spacial score (nSPS) is 14.9. The molecule has 152 valence electrons. The first-order valence-corrected chi connectivity index (χ1v) is 9.73. The molecule has 6 nitrogen and oxygen atoms in total. The molecule has 1 atom stereocenters. The molecule has 0 bridgehead atoms. The molecule has 1 aliphatic rings. The van der Waals surface area contributed by atoms with Crippen molar-refractivity contribution in [2.45, 2.75) is 32.8 Å². The lowest BCUT2D eigenvalue weighted by Gasteiger charge is -2.10. The summed E-state index contributed by atoms with van der Waals surface area (Å²) >= 11 is 0. The standard InChI is InChI=1S/C23H26N2O4/c1-4-28-20-14-18-11-15(2)29-21(18)13-17(20)7-10-22(26)25-19-8-5-16(6-9-19)12-23(27)24-3/h5-10,13-15H,4,11-12H2,1-3H3,(H,24,27)(H,25,26)/b10-7+. The number of ether oxygens (including phenoxy) is 2. The quantitative estimate of drug-likeness (QED) is 0.706. The Labute approximate surface area is 170 Å². The first-order chi connectivity index (χ1) is 14.0. The highest BCUT2D eigenvalue weighted by atomic mass is 16.5. The summed E-state index contributed by atoms with van der Waals surface area (Å²) in [5.74, 6) is 1.28. The summed E-state index contributed by atoms with van der Waals surface area (Å²) in [6.07, 6.45) is 4.52. The van der Waals surface area contributed by atoms with Crippen LogP contribution in [0.1, 0.15) is 30.5 Å². The summed E-state index contributed by atoms with van der Waals surface area (Å²) in [5.41, 5.74) is 3.47. The average molecular weight is 394 g/mol. The van der Waals surface area contributed by atoms with Gasteiger partial charge in [-0.05, 0) is 49.8 Å². The smallest absolute Gasteiger partial charge is 0.248 e. The SMILES string of the molecule is CCOc1cc2c(cc1/C=C/C(=O)Nc1ccc(CC(=O)NC)cc1)OC(C)C2. The van der Waals surface area contributed by atoms with E-state index < -0.39 is 0 Å². The molecule has 0 saturated carbocycles. The van der Waals surface area contributed by atoms with Crippen molar-refractivity contribution in [1.29, 1.82) is 0 Å². The van der Waals surface area contributed by atoms with Gasteiger partial charge in [-0.25, -0.2) is 0 Å². The van der Waals surface area contributed by atoms with Gasteiger partial charge in [-0.1, -0.05) is 12.1 Å². The number of fused-ring (bicyclic) bond motifs is 1. The third kappa shape index (κ3) is 5.38. The zero-order valence-electron chi connectivity index (χ0n) is 17.0. The van der Waals surface area contributed by atoms with E-state index in [0.29, 0.717) is 18.7 Å². The van der Waals surface area contributed by atoms with Gasteiger partial charge in [-0.2, -0.15) is 0 Å². The van der Waals surface area contributed by atoms with Gasteiger partial charge in [0.2, 0.25) is 11.8 Å². The largest absolute Gasteiger partial charge is 0.493 e. The minimum atomic E-state index is -0.249. The molecular formula is C23H26N2O4. The van der Waals surface area contributed by atoms with Gasteiger partial charge in [-0.15, -0.1) is 0 Å². The van der Waals surface area contributed by atoms with Crippen LogP contribution in [0, 0.1) is 0 Å². The lowest BCUT2D eigenvalue weighted by molar-refractivity contribution is -0.120. The molecule has 1 aliphatic heterocycles. The van der Waals surface area contributed by atoms with Crippen LogP contribution in [-0.4, -0.2) is 31.6 Å². The summed E-state index contributed by atoms with van der Waals surface area (Å²) in [7, 11) is 1.61. The number of amides is 2. The van der Waals surface area contributed by atoms with Crippen molar-refractivity contribution >= 4 is 23.6 Å². The van der Waals surface area contributed by atoms with Gasteiger partial charge >= 0.3 is 0 Å². The van der Waals surface area contributed by atoms with E-state index in [2.05, 4.69) is 10.6 Å². The molecule has 29 heavy (non-hydrogen) atoms. The molecular weight excluding hydrogens is 368 g/mol. The van der Waals surface area contributed by atoms with Crippen LogP contribution in [0.4, 0.5) is 5.69 Å². The first-order valence-electron chi connectivity index (χ1n) is 9.73. The molecule has 0 aliphatic carbocycles. The second-order valence-corrected chi connectivity index (χ2v) is 6.93. The van der Waals surface area contributed by atoms with Crippen LogP contribution in [0.25, 0.3) is 6.08 Å². The van der Waals surface area contributed by atoms with E-state index in [9.17, 15) is 9.59 Å². The number of likely N-dealkylation sites (N-methyl/N-ethyl adjacent to an activating group) is 1. The Morgan fingerprint density at radius 2 is 2.00 bits per heavy atom. The van der Waals surface area contributed by atoms with Crippen molar-refractivity contribution < 1.29 is 19.1 Å². The van der Waals surface area contributed by atoms with Gasteiger partial charge in [0.25, 0.3) is 0 Å². The monoisotopic (exact) mass is 394 g/mol. The number of carbonyl (C=O) groups is 2. The number of nitrogens with one attached hydrogen (secondary N) is 2. The van der Waals surface area contributed by atoms with E-state index in [0.717, 1.165) is 34.6 Å². The van der Waals surface area contributed by atoms with Crippen molar-refractivity contribution in [3.63, 3.8) is 0 Å². The lowest BCUT2D eigenvalue weighted by Crippen LogP contribution is -2.19. The number of rotatable bonds is 7. The maximum Gasteiger partial charge on any atom is 0.248 e. The van der Waals surface area contributed by atoms with Gasteiger partial charge < -0.3 is 20.1 Å². The van der Waals surface area contributed by atoms with Crippen molar-refractivity contribution in [3.05, 3.63) is 59.2 Å². The van der Waals surface area contributed by atoms with E-state index in [-0.39, 0.29) is 17.9 Å². The second-order valence-electron chi connectivity index (χ2n) is 6.93. The Kier molecular flexibility index (Phi) is 6.54. The molecule has 2 aromatic carbocycles. The Morgan fingerprint density at radius 1 is 1.24 bits per heavy atom. The van der Waals surface area contributed by atoms with Crippen molar-refractivity contribution in [2.75, 3.05) is 19.0 Å². The van der Waals surface area contributed by atoms with Crippen molar-refractivity contribution in [2.24, 2.45) is 0 Å². The molecule has 3 rings (SSSR count). The summed E-state index contributed by atoms with van der Waals surface area (Å²) in [6, 6.07) is 11.1. The fraction of sp³-hybridized carbons (Fsp3) is 0.304. The number of anilines is 1. The number of benzene rings is 2. The molecule has 1 heterocycles. The summed E-state index contributed by atoms with van der Waals surface area (Å²) in [5, 5.41) is 5.41. The third-order valence-electron chi connectivity index (χ3n) is 4.61. The van der Waals surface area contributed by atoms with Gasteiger partial charge in [-0.3, -0.25) is 9.59 Å². The Morgan fingerprint density at radius 3 is 2.69 bits per heavy atom. The van der Waals surface area contributed by atoms with Gasteiger partial charge in [0, 0.05) is 36.4 Å². The van der Waals surface area contributed by atoms with Gasteiger partial charge in [0.1, 0.15) is 17.6 Å². The van der Waals surface area contributed by atoms with E-state index in [1.165, 1.54) is 6.08 Å². The predicted molar refractivity (Wildman–Crippen MR) is 113 cm³/mol. The van der Waals surface area contributed by atoms with Crippen molar-refractivity contribution in [1.82, 2.24) is 5.32 Å². The molecule has 0 aromatic heterocycles. The molecule has 0 saturated heterocycles. The molecule has 1 unspecified atom stereocenters. The van der Waals surface area contributed by atoms with Crippen LogP contribution >= 0.6 is 0 Å². The van der Waals surface area contributed by atoms with Crippen LogP contribution in [0.5, 0.6) is 11.5 Å². The van der Waals surface area contributed by atoms with Gasteiger partial charge in [0.15, 0.2) is 0 Å². The van der Waals surface area contributed by atoms with Gasteiger partial charge in [0.05, 0.1) is 13.0 Å². The molecule has 0 radical (unpaired) electrons. The van der Waals surface area contributed by atoms with Crippen LogP contribution in [-0.2, 0) is 22.4 Å². The van der Waals surface area contributed by atoms with E-state index in [1.54, 1.807) is 25.3 Å². The number of carbonyl (C=O) groups excluding carboxylic acids is 2. The van der Waals surface area contributed by atoms with Crippen molar-refractivity contribution in [3.8, 4) is 11.5 Å². The fourth-order valence-electron chi connectivity index (χ4n) is 3.19. The number of hydrogen-bond donors (Lipinski definition) is 2. The highest BCUT2D eigenvalue weighted by Crippen LogP contribution is 2.35. The molecule has 2 N–H and O–H groups in total. The topological polar surface area (TPSA) is 76.7 Å². The number of hydrogen-bond acceptors (Lipinski definition) is 4. The van der Waals surface area contributed by atoms with E-state index >= 15 is 0 Å². The highest BCUT2D eigenvalue weighted by molar-refractivity contribution is 6.02. The van der Waals surface area contributed by atoms with Crippen LogP contribution in [0.2, 0.25) is 0 Å². The minimum absolute atomic E-state index is 0.0532. The maximum atomic E-state index is 12.3. The molecule has 6 heteroatoms. The zero-order valence-corrected chi connectivity index (χ0v) is 17.0. The highest BCUT2D eigenvalue weighted by Gasteiger charge is 2.21. The van der Waals surface area contributed by atoms with Crippen LogP contribution in [0.3, 0.4) is 0 Å². The third-order valence-corrected chi connectivity index (χ3v) is 4.61. The molecule has 2 aromatic rings. The molecule has 2 amide bonds. The molecule has 0 spiro atoms. The summed E-state index contributed by atoms with van der Waals surface area (Å²) in [4.78, 5) is 23.7. The minimum Gasteiger partial charge on any atom is -0.493 e. The average Bonchev–Trinajstić information content (AvgIpc) is 3.06. The van der Waals surface area contributed by atoms with Crippen LogP contribution in [0.15, 0.2) is 42.5 Å². The summed E-state index contributed by atoms with van der Waals surface area (Å²) < 4.78 is 11.5. The summed E-state index contributed by atoms with van der Waals surface area (Å²) in [6.45, 7) is 4.51. The maximum absolute atomic E-state index is 12.3.